The Morgan fingerprint density at radius 1 is 0.892 bits per heavy atom. The van der Waals surface area contributed by atoms with Gasteiger partial charge >= 0.3 is 5.97 Å². The van der Waals surface area contributed by atoms with E-state index in [1.807, 2.05) is 36.4 Å². The topological polar surface area (TPSA) is 59.1 Å². The second-order valence-electron chi connectivity index (χ2n) is 8.79. The summed E-state index contributed by atoms with van der Waals surface area (Å²) >= 11 is 6.08. The van der Waals surface area contributed by atoms with Gasteiger partial charge in [-0.3, -0.25) is 9.69 Å². The number of hydrogen-bond donors (Lipinski definition) is 0. The second-order valence-corrected chi connectivity index (χ2v) is 9.23. The fourth-order valence-electron chi connectivity index (χ4n) is 4.21. The van der Waals surface area contributed by atoms with Crippen molar-refractivity contribution in [1.82, 2.24) is 9.80 Å². The molecule has 0 radical (unpaired) electrons. The summed E-state index contributed by atoms with van der Waals surface area (Å²) in [4.78, 5) is 28.2. The molecule has 1 aliphatic rings. The molecule has 3 aromatic rings. The molecule has 37 heavy (non-hydrogen) atoms. The Balaban J connectivity index is 1.39. The van der Waals surface area contributed by atoms with Crippen molar-refractivity contribution in [3.8, 4) is 0 Å². The third kappa shape index (κ3) is 7.13. The van der Waals surface area contributed by atoms with Crippen molar-refractivity contribution in [3.05, 3.63) is 106 Å². The largest absolute Gasteiger partial charge is 0.465 e. The molecule has 1 aliphatic heterocycles. The normalized spacial score (nSPS) is 14.9. The van der Waals surface area contributed by atoms with Crippen LogP contribution in [-0.4, -0.2) is 61.5 Å². The minimum Gasteiger partial charge on any atom is -0.465 e. The van der Waals surface area contributed by atoms with Crippen LogP contribution in [0.3, 0.4) is 0 Å². The third-order valence-corrected chi connectivity index (χ3v) is 6.51. The number of carbonyl (C=O) groups is 2. The van der Waals surface area contributed by atoms with Crippen LogP contribution >= 0.6 is 11.6 Å². The predicted octanol–water partition coefficient (Wildman–Crippen LogP) is 5.12. The average molecular weight is 529 g/mol. The molecule has 1 amide bonds. The van der Waals surface area contributed by atoms with Gasteiger partial charge < -0.3 is 14.4 Å². The van der Waals surface area contributed by atoms with E-state index in [4.69, 9.17) is 21.1 Å². The lowest BCUT2D eigenvalue weighted by Crippen LogP contribution is -2.49. The molecule has 1 heterocycles. The molecular formula is C28H27ClF2N2O4. The second kappa shape index (κ2) is 12.3. The zero-order valence-electron chi connectivity index (χ0n) is 20.3. The van der Waals surface area contributed by atoms with Crippen LogP contribution in [0.25, 0.3) is 0 Å². The van der Waals surface area contributed by atoms with Crippen molar-refractivity contribution in [3.63, 3.8) is 0 Å². The third-order valence-electron chi connectivity index (χ3n) is 6.26. The van der Waals surface area contributed by atoms with E-state index >= 15 is 0 Å². The molecule has 0 saturated carbocycles. The van der Waals surface area contributed by atoms with Crippen molar-refractivity contribution in [1.29, 1.82) is 0 Å². The summed E-state index contributed by atoms with van der Waals surface area (Å²) in [7, 11) is 1.34. The number of hydrogen-bond acceptors (Lipinski definition) is 5. The van der Waals surface area contributed by atoms with Gasteiger partial charge in [0.15, 0.2) is 0 Å². The van der Waals surface area contributed by atoms with Crippen LogP contribution in [0.2, 0.25) is 5.02 Å². The zero-order chi connectivity index (χ0) is 26.4. The van der Waals surface area contributed by atoms with Crippen molar-refractivity contribution in [2.24, 2.45) is 0 Å². The number of nitrogens with zero attached hydrogens (tertiary/aromatic N) is 2. The molecule has 0 aromatic heterocycles. The number of piperazine rings is 1. The van der Waals surface area contributed by atoms with E-state index in [-0.39, 0.29) is 17.6 Å². The van der Waals surface area contributed by atoms with Gasteiger partial charge in [-0.15, -0.1) is 0 Å². The van der Waals surface area contributed by atoms with Crippen molar-refractivity contribution < 1.29 is 27.8 Å². The predicted molar refractivity (Wildman–Crippen MR) is 135 cm³/mol. The van der Waals surface area contributed by atoms with Gasteiger partial charge in [-0.25, -0.2) is 13.6 Å². The van der Waals surface area contributed by atoms with E-state index in [0.717, 1.165) is 29.3 Å². The summed E-state index contributed by atoms with van der Waals surface area (Å²) < 4.78 is 38.1. The number of ether oxygens (including phenoxy) is 2. The molecule has 194 valence electrons. The first-order valence-corrected chi connectivity index (χ1v) is 12.2. The van der Waals surface area contributed by atoms with Gasteiger partial charge in [0, 0.05) is 49.4 Å². The van der Waals surface area contributed by atoms with Crippen molar-refractivity contribution >= 4 is 23.5 Å². The molecule has 0 spiro atoms. The first kappa shape index (κ1) is 26.7. The molecular weight excluding hydrogens is 502 g/mol. The smallest absolute Gasteiger partial charge is 0.337 e. The highest BCUT2D eigenvalue weighted by Gasteiger charge is 2.25. The van der Waals surface area contributed by atoms with Crippen LogP contribution in [0.5, 0.6) is 0 Å². The van der Waals surface area contributed by atoms with Gasteiger partial charge in [0.05, 0.1) is 25.4 Å². The van der Waals surface area contributed by atoms with Gasteiger partial charge in [-0.1, -0.05) is 35.9 Å². The molecule has 3 aromatic carbocycles. The SMILES string of the molecule is COC(=O)c1ccc(CO[C@@H](CN2CCN(C(=O)c3cc(F)cc(F)c3)CC2)c2ccc(Cl)cc2)cc1. The molecule has 1 fully saturated rings. The van der Waals surface area contributed by atoms with Gasteiger partial charge in [0.2, 0.25) is 0 Å². The molecule has 0 aliphatic carbocycles. The minimum absolute atomic E-state index is 0.00606. The number of amides is 1. The number of esters is 1. The van der Waals surface area contributed by atoms with E-state index < -0.39 is 17.6 Å². The Kier molecular flexibility index (Phi) is 8.87. The first-order valence-electron chi connectivity index (χ1n) is 11.8. The molecule has 0 N–H and O–H groups in total. The van der Waals surface area contributed by atoms with Crippen molar-refractivity contribution in [2.45, 2.75) is 12.7 Å². The average Bonchev–Trinajstić information content (AvgIpc) is 2.91. The number of rotatable bonds is 8. The van der Waals surface area contributed by atoms with E-state index in [9.17, 15) is 18.4 Å². The van der Waals surface area contributed by atoms with Gasteiger partial charge in [-0.05, 0) is 47.5 Å². The standard InChI is InChI=1S/C28H27ClF2N2O4/c1-36-28(35)21-4-2-19(3-5-21)18-37-26(20-6-8-23(29)9-7-20)17-32-10-12-33(13-11-32)27(34)22-14-24(30)16-25(31)15-22/h2-9,14-16,26H,10-13,17-18H2,1H3/t26-/m0/s1. The lowest BCUT2D eigenvalue weighted by molar-refractivity contribution is 0.00339. The molecule has 9 heteroatoms. The van der Waals surface area contributed by atoms with Crippen LogP contribution in [0.1, 0.15) is 37.9 Å². The maximum Gasteiger partial charge on any atom is 0.337 e. The minimum atomic E-state index is -0.773. The summed E-state index contributed by atoms with van der Waals surface area (Å²) in [6.07, 6.45) is -0.267. The maximum absolute atomic E-state index is 13.6. The van der Waals surface area contributed by atoms with Crippen LogP contribution in [0.4, 0.5) is 8.78 Å². The first-order chi connectivity index (χ1) is 17.8. The summed E-state index contributed by atoms with van der Waals surface area (Å²) in [5.74, 6) is -2.33. The summed E-state index contributed by atoms with van der Waals surface area (Å²) in [5, 5.41) is 0.627. The van der Waals surface area contributed by atoms with Crippen LogP contribution < -0.4 is 0 Å². The van der Waals surface area contributed by atoms with Crippen LogP contribution in [-0.2, 0) is 16.1 Å². The summed E-state index contributed by atoms with van der Waals surface area (Å²) in [6.45, 7) is 2.95. The van der Waals surface area contributed by atoms with E-state index in [1.165, 1.54) is 7.11 Å². The Labute approximate surface area is 219 Å². The summed E-state index contributed by atoms with van der Waals surface area (Å²) in [6, 6.07) is 17.4. The number of halogens is 3. The molecule has 0 bridgehead atoms. The number of benzene rings is 3. The van der Waals surface area contributed by atoms with Gasteiger partial charge in [0.1, 0.15) is 11.6 Å². The lowest BCUT2D eigenvalue weighted by Gasteiger charge is -2.36. The Hall–Kier alpha value is -3.33. The maximum atomic E-state index is 13.6. The monoisotopic (exact) mass is 528 g/mol. The van der Waals surface area contributed by atoms with Crippen molar-refractivity contribution in [2.75, 3.05) is 39.8 Å². The van der Waals surface area contributed by atoms with E-state index in [0.29, 0.717) is 49.9 Å². The number of carbonyl (C=O) groups excluding carboxylic acids is 2. The molecule has 4 rings (SSSR count). The number of methoxy groups -OCH3 is 1. The highest BCUT2D eigenvalue weighted by atomic mass is 35.5. The lowest BCUT2D eigenvalue weighted by atomic mass is 10.1. The van der Waals surface area contributed by atoms with E-state index in [1.54, 1.807) is 17.0 Å². The summed E-state index contributed by atoms with van der Waals surface area (Å²) in [5.41, 5.74) is 2.34. The molecule has 0 unspecified atom stereocenters. The highest BCUT2D eigenvalue weighted by Crippen LogP contribution is 2.24. The Morgan fingerprint density at radius 2 is 1.51 bits per heavy atom. The fourth-order valence-corrected chi connectivity index (χ4v) is 4.34. The Bertz CT molecular complexity index is 1210. The van der Waals surface area contributed by atoms with Gasteiger partial charge in [-0.2, -0.15) is 0 Å². The molecule has 6 nitrogen and oxygen atoms in total. The van der Waals surface area contributed by atoms with E-state index in [2.05, 4.69) is 4.90 Å². The molecule has 1 atom stereocenters. The zero-order valence-corrected chi connectivity index (χ0v) is 21.1. The molecule has 1 saturated heterocycles. The fraction of sp³-hybridized carbons (Fsp3) is 0.286. The van der Waals surface area contributed by atoms with Gasteiger partial charge in [0.25, 0.3) is 5.91 Å². The quantitative estimate of drug-likeness (QED) is 0.380. The highest BCUT2D eigenvalue weighted by molar-refractivity contribution is 6.30. The van der Waals surface area contributed by atoms with Crippen LogP contribution in [0.15, 0.2) is 66.7 Å². The van der Waals surface area contributed by atoms with Crippen LogP contribution in [0, 0.1) is 11.6 Å². The Morgan fingerprint density at radius 3 is 2.11 bits per heavy atom.